The van der Waals surface area contributed by atoms with Crippen molar-refractivity contribution >= 4 is 11.9 Å². The second kappa shape index (κ2) is 5.59. The van der Waals surface area contributed by atoms with Crippen LogP contribution in [0.15, 0.2) is 41.6 Å². The highest BCUT2D eigenvalue weighted by Gasteiger charge is 2.19. The molecule has 3 heterocycles. The third kappa shape index (κ3) is 2.58. The Morgan fingerprint density at radius 1 is 1.29 bits per heavy atom. The molecule has 0 amide bonds. The number of halogens is 1. The molecule has 3 aromatic rings. The number of phenols is 1. The number of fused-ring (bicyclic) bond motifs is 1. The highest BCUT2D eigenvalue weighted by molar-refractivity contribution is 5.69. The molecule has 1 aliphatic rings. The zero-order valence-electron chi connectivity index (χ0n) is 13.1. The van der Waals surface area contributed by atoms with E-state index in [0.29, 0.717) is 12.0 Å². The molecule has 1 N–H and O–H groups in total. The van der Waals surface area contributed by atoms with Gasteiger partial charge < -0.3 is 5.11 Å². The van der Waals surface area contributed by atoms with Gasteiger partial charge in [0, 0.05) is 32.3 Å². The first-order valence-electron chi connectivity index (χ1n) is 7.66. The third-order valence-electron chi connectivity index (χ3n) is 4.15. The molecule has 0 bridgehead atoms. The molecule has 4 rings (SSSR count). The number of hydrogen-bond donors (Lipinski definition) is 1. The molecule has 0 fully saturated rings. The smallest absolute Gasteiger partial charge is 0.153 e. The molecule has 0 saturated heterocycles. The second-order valence-electron chi connectivity index (χ2n) is 5.94. The average Bonchev–Trinajstić information content (AvgIpc) is 3.16. The van der Waals surface area contributed by atoms with Gasteiger partial charge in [-0.05, 0) is 23.8 Å². The maximum atomic E-state index is 14.0. The molecule has 0 radical (unpaired) electrons. The number of aromatic nitrogens is 3. The van der Waals surface area contributed by atoms with Crippen LogP contribution in [0.1, 0.15) is 22.9 Å². The maximum Gasteiger partial charge on any atom is 0.153 e. The van der Waals surface area contributed by atoms with Crippen LogP contribution >= 0.6 is 0 Å². The lowest BCUT2D eigenvalue weighted by Crippen LogP contribution is -2.14. The Hall–Kier alpha value is -2.96. The van der Waals surface area contributed by atoms with Crippen LogP contribution in [-0.2, 0) is 6.42 Å². The minimum Gasteiger partial charge on any atom is -0.508 e. The Labute approximate surface area is 137 Å². The molecule has 0 saturated carbocycles. The minimum atomic E-state index is -0.439. The molecule has 2 aromatic heterocycles. The van der Waals surface area contributed by atoms with Gasteiger partial charge in [-0.15, -0.1) is 0 Å². The van der Waals surface area contributed by atoms with Crippen molar-refractivity contribution in [3.05, 3.63) is 59.3 Å². The average molecular weight is 325 g/mol. The monoisotopic (exact) mass is 325 g/mol. The van der Waals surface area contributed by atoms with Crippen molar-refractivity contribution in [2.24, 2.45) is 5.10 Å². The number of benzene rings is 1. The van der Waals surface area contributed by atoms with E-state index in [4.69, 9.17) is 0 Å². The van der Waals surface area contributed by atoms with Gasteiger partial charge in [0.2, 0.25) is 0 Å². The number of rotatable bonds is 3. The van der Waals surface area contributed by atoms with Crippen LogP contribution in [0.4, 0.5) is 4.39 Å². The maximum absolute atomic E-state index is 14.0. The van der Waals surface area contributed by atoms with Gasteiger partial charge in [-0.3, -0.25) is 5.01 Å². The highest BCUT2D eigenvalue weighted by Crippen LogP contribution is 2.21. The van der Waals surface area contributed by atoms with Gasteiger partial charge in [0.05, 0.1) is 23.5 Å². The van der Waals surface area contributed by atoms with E-state index in [0.717, 1.165) is 29.6 Å². The normalized spacial score (nSPS) is 17.1. The van der Waals surface area contributed by atoms with Crippen molar-refractivity contribution in [3.63, 3.8) is 0 Å². The van der Waals surface area contributed by atoms with Crippen molar-refractivity contribution < 1.29 is 9.50 Å². The Morgan fingerprint density at radius 3 is 2.92 bits per heavy atom. The summed E-state index contributed by atoms with van der Waals surface area (Å²) in [5, 5.41) is 20.1. The van der Waals surface area contributed by atoms with Gasteiger partial charge in [-0.25, -0.2) is 13.9 Å². The van der Waals surface area contributed by atoms with E-state index in [2.05, 4.69) is 15.2 Å². The van der Waals surface area contributed by atoms with Gasteiger partial charge >= 0.3 is 0 Å². The molecule has 0 spiro atoms. The predicted molar refractivity (Wildman–Crippen MR) is 87.7 cm³/mol. The lowest BCUT2D eigenvalue weighted by molar-refractivity contribution is 0.379. The summed E-state index contributed by atoms with van der Waals surface area (Å²) >= 11 is 0. The molecular weight excluding hydrogens is 309 g/mol. The number of phenolic OH excluding ortho intramolecular Hbond substituents is 1. The zero-order valence-corrected chi connectivity index (χ0v) is 13.1. The van der Waals surface area contributed by atoms with E-state index in [1.807, 2.05) is 30.4 Å². The van der Waals surface area contributed by atoms with Gasteiger partial charge in [-0.2, -0.15) is 10.2 Å². The summed E-state index contributed by atoms with van der Waals surface area (Å²) in [7, 11) is 1.92. The van der Waals surface area contributed by atoms with Crippen molar-refractivity contribution in [2.75, 3.05) is 13.6 Å². The molecule has 1 aliphatic heterocycles. The molecule has 6 nitrogen and oxygen atoms in total. The van der Waals surface area contributed by atoms with Crippen molar-refractivity contribution in [2.45, 2.75) is 12.3 Å². The van der Waals surface area contributed by atoms with E-state index in [-0.39, 0.29) is 11.7 Å². The fraction of sp³-hybridized carbons (Fsp3) is 0.235. The first-order chi connectivity index (χ1) is 11.6. The van der Waals surface area contributed by atoms with Crippen LogP contribution in [-0.4, -0.2) is 44.5 Å². The van der Waals surface area contributed by atoms with Crippen molar-refractivity contribution in [1.82, 2.24) is 19.6 Å². The van der Waals surface area contributed by atoms with Crippen LogP contribution in [0.2, 0.25) is 0 Å². The van der Waals surface area contributed by atoms with Crippen LogP contribution in [0.3, 0.4) is 0 Å². The molecule has 122 valence electrons. The van der Waals surface area contributed by atoms with E-state index < -0.39 is 5.82 Å². The molecule has 1 unspecified atom stereocenters. The molecule has 1 atom stereocenters. The minimum absolute atomic E-state index is 0.0838. The molecule has 0 aliphatic carbocycles. The fourth-order valence-electron chi connectivity index (χ4n) is 2.87. The van der Waals surface area contributed by atoms with E-state index in [1.165, 1.54) is 6.07 Å². The van der Waals surface area contributed by atoms with Gasteiger partial charge in [-0.1, -0.05) is 6.07 Å². The fourth-order valence-corrected chi connectivity index (χ4v) is 2.87. The number of aromatic hydroxyl groups is 1. The lowest BCUT2D eigenvalue weighted by Gasteiger charge is -2.10. The summed E-state index contributed by atoms with van der Waals surface area (Å²) < 4.78 is 15.7. The van der Waals surface area contributed by atoms with Crippen LogP contribution in [0.25, 0.3) is 5.65 Å². The Balaban J connectivity index is 1.69. The summed E-state index contributed by atoms with van der Waals surface area (Å²) in [5.74, 6) is -0.384. The number of hydrazone groups is 1. The Kier molecular flexibility index (Phi) is 3.41. The largest absolute Gasteiger partial charge is 0.508 e. The lowest BCUT2D eigenvalue weighted by atomic mass is 10.1. The van der Waals surface area contributed by atoms with Crippen molar-refractivity contribution in [1.29, 1.82) is 0 Å². The molecule has 24 heavy (non-hydrogen) atoms. The van der Waals surface area contributed by atoms with Gasteiger partial charge in [0.15, 0.2) is 5.65 Å². The Bertz CT molecular complexity index is 936. The molecular formula is C17H16FN5O. The van der Waals surface area contributed by atoms with Crippen LogP contribution in [0, 0.1) is 5.82 Å². The van der Waals surface area contributed by atoms with Gasteiger partial charge in [0.1, 0.15) is 11.6 Å². The van der Waals surface area contributed by atoms with E-state index >= 15 is 0 Å². The third-order valence-corrected chi connectivity index (χ3v) is 4.15. The standard InChI is InChI=1S/C17H16FN5O/c1-22-10-12(8-20-22)16-4-5-17-19-9-13(23(17)21-16)6-11-2-3-14(24)7-15(11)18/h2-5,7-9,12,24H,6,10H2,1H3. The number of imidazole rings is 1. The van der Waals surface area contributed by atoms with Crippen LogP contribution < -0.4 is 0 Å². The van der Waals surface area contributed by atoms with Crippen LogP contribution in [0.5, 0.6) is 5.75 Å². The second-order valence-corrected chi connectivity index (χ2v) is 5.94. The Morgan fingerprint density at radius 2 is 2.17 bits per heavy atom. The number of likely N-dealkylation sites (N-methyl/N-ethyl adjacent to an activating group) is 1. The summed E-state index contributed by atoms with van der Waals surface area (Å²) in [6.07, 6.45) is 3.93. The topological polar surface area (TPSA) is 66.0 Å². The molecule has 7 heteroatoms. The summed E-state index contributed by atoms with van der Waals surface area (Å²) in [5.41, 5.74) is 2.90. The predicted octanol–water partition coefficient (Wildman–Crippen LogP) is 2.18. The van der Waals surface area contributed by atoms with Gasteiger partial charge in [0.25, 0.3) is 0 Å². The summed E-state index contributed by atoms with van der Waals surface area (Å²) in [6, 6.07) is 8.02. The highest BCUT2D eigenvalue weighted by atomic mass is 19.1. The summed E-state index contributed by atoms with van der Waals surface area (Å²) in [4.78, 5) is 4.33. The first-order valence-corrected chi connectivity index (χ1v) is 7.66. The van der Waals surface area contributed by atoms with Crippen molar-refractivity contribution in [3.8, 4) is 5.75 Å². The summed E-state index contributed by atoms with van der Waals surface area (Å²) in [6.45, 7) is 0.787. The van der Waals surface area contributed by atoms with E-state index in [1.54, 1.807) is 16.8 Å². The zero-order chi connectivity index (χ0) is 16.7. The number of hydrogen-bond acceptors (Lipinski definition) is 5. The first kappa shape index (κ1) is 14.6. The SMILES string of the molecule is CN1CC(c2ccc3ncc(Cc4ccc(O)cc4F)n3n2)C=N1. The quantitative estimate of drug-likeness (QED) is 0.801. The van der Waals surface area contributed by atoms with E-state index in [9.17, 15) is 9.50 Å². The number of nitrogens with zero attached hydrogens (tertiary/aromatic N) is 5. The molecule has 1 aromatic carbocycles.